The largest absolute Gasteiger partial charge is 0.355 e. The summed E-state index contributed by atoms with van der Waals surface area (Å²) in [6, 6.07) is 11.9. The Kier molecular flexibility index (Phi) is 7.75. The summed E-state index contributed by atoms with van der Waals surface area (Å²) < 4.78 is 2.22. The highest BCUT2D eigenvalue weighted by molar-refractivity contribution is 8.26. The van der Waals surface area contributed by atoms with E-state index in [0.29, 0.717) is 27.9 Å². The van der Waals surface area contributed by atoms with Gasteiger partial charge in [0.1, 0.15) is 21.8 Å². The molecule has 1 aromatic carbocycles. The summed E-state index contributed by atoms with van der Waals surface area (Å²) in [4.78, 5) is 33.3. The summed E-state index contributed by atoms with van der Waals surface area (Å²) in [5, 5.41) is 9.81. The van der Waals surface area contributed by atoms with Gasteiger partial charge in [0.2, 0.25) is 0 Å². The number of thioether (sulfide) groups is 1. The van der Waals surface area contributed by atoms with Crippen molar-refractivity contribution < 1.29 is 4.79 Å². The first-order chi connectivity index (χ1) is 16.8. The molecular weight excluding hydrogens is 478 g/mol. The van der Waals surface area contributed by atoms with Gasteiger partial charge >= 0.3 is 0 Å². The van der Waals surface area contributed by atoms with Gasteiger partial charge in [-0.05, 0) is 37.6 Å². The summed E-state index contributed by atoms with van der Waals surface area (Å²) in [6.45, 7) is 8.00. The monoisotopic (exact) mass is 507 g/mol. The third-order valence-corrected chi connectivity index (χ3v) is 7.81. The topological polar surface area (TPSA) is 72.6 Å². The molecule has 2 saturated heterocycles. The Morgan fingerprint density at radius 3 is 2.46 bits per heavy atom. The molecular formula is C26H29N5O2S2. The number of carbonyl (C=O) groups excluding carboxylic acids is 1. The van der Waals surface area contributed by atoms with Crippen molar-refractivity contribution in [2.24, 2.45) is 0 Å². The maximum atomic E-state index is 13.4. The van der Waals surface area contributed by atoms with Gasteiger partial charge in [0.15, 0.2) is 0 Å². The Morgan fingerprint density at radius 2 is 1.83 bits per heavy atom. The van der Waals surface area contributed by atoms with Gasteiger partial charge in [0.25, 0.3) is 11.5 Å². The zero-order chi connectivity index (χ0) is 25.1. The highest BCUT2D eigenvalue weighted by Crippen LogP contribution is 2.36. The molecule has 0 N–H and O–H groups in total. The molecule has 0 bridgehead atoms. The van der Waals surface area contributed by atoms with Crippen LogP contribution in [0.5, 0.6) is 0 Å². The van der Waals surface area contributed by atoms with Crippen LogP contribution in [0.2, 0.25) is 0 Å². The van der Waals surface area contributed by atoms with Crippen molar-refractivity contribution in [1.29, 1.82) is 5.26 Å². The zero-order valence-electron chi connectivity index (χ0n) is 20.3. The predicted octanol–water partition coefficient (Wildman–Crippen LogP) is 3.59. The molecule has 0 spiro atoms. The molecule has 1 aromatic heterocycles. The normalized spacial score (nSPS) is 17.9. The molecule has 2 fully saturated rings. The van der Waals surface area contributed by atoms with E-state index in [9.17, 15) is 14.9 Å². The van der Waals surface area contributed by atoms with Crippen LogP contribution in [-0.2, 0) is 17.9 Å². The van der Waals surface area contributed by atoms with Gasteiger partial charge in [-0.2, -0.15) is 5.26 Å². The van der Waals surface area contributed by atoms with E-state index in [1.54, 1.807) is 16.4 Å². The van der Waals surface area contributed by atoms with Crippen molar-refractivity contribution in [3.05, 3.63) is 67.8 Å². The molecule has 0 aliphatic carbocycles. The van der Waals surface area contributed by atoms with E-state index < -0.39 is 0 Å². The fourth-order valence-corrected chi connectivity index (χ4v) is 5.70. The highest BCUT2D eigenvalue weighted by atomic mass is 32.2. The van der Waals surface area contributed by atoms with Gasteiger partial charge < -0.3 is 9.80 Å². The number of hydrogen-bond acceptors (Lipinski definition) is 7. The van der Waals surface area contributed by atoms with Crippen LogP contribution < -0.4 is 10.5 Å². The SMILES string of the molecule is CCCn1c(N2CCN(C)CC2)c(/C=C2/SC(=S)N(Cc3ccccc3)C2=O)c(C)c(C#N)c1=O. The summed E-state index contributed by atoms with van der Waals surface area (Å²) in [5.74, 6) is 0.633. The van der Waals surface area contributed by atoms with E-state index in [1.807, 2.05) is 43.3 Å². The van der Waals surface area contributed by atoms with E-state index in [1.165, 1.54) is 11.8 Å². The zero-order valence-corrected chi connectivity index (χ0v) is 21.9. The van der Waals surface area contributed by atoms with Crippen molar-refractivity contribution in [2.75, 3.05) is 38.1 Å². The fraction of sp³-hybridized carbons (Fsp3) is 0.385. The maximum absolute atomic E-state index is 13.4. The average molecular weight is 508 g/mol. The number of rotatable bonds is 6. The number of nitriles is 1. The van der Waals surface area contributed by atoms with E-state index in [-0.39, 0.29) is 17.0 Å². The third kappa shape index (κ3) is 5.06. The maximum Gasteiger partial charge on any atom is 0.270 e. The minimum absolute atomic E-state index is 0.127. The van der Waals surface area contributed by atoms with Crippen LogP contribution in [0.1, 0.15) is 35.6 Å². The van der Waals surface area contributed by atoms with Crippen molar-refractivity contribution in [3.63, 3.8) is 0 Å². The van der Waals surface area contributed by atoms with Crippen molar-refractivity contribution in [2.45, 2.75) is 33.4 Å². The fourth-order valence-electron chi connectivity index (χ4n) is 4.47. The lowest BCUT2D eigenvalue weighted by atomic mass is 10.0. The Balaban J connectivity index is 1.82. The molecule has 3 heterocycles. The van der Waals surface area contributed by atoms with Crippen LogP contribution in [-0.4, -0.2) is 57.8 Å². The van der Waals surface area contributed by atoms with Gasteiger partial charge in [-0.15, -0.1) is 0 Å². The van der Waals surface area contributed by atoms with Crippen LogP contribution in [0.15, 0.2) is 40.0 Å². The number of carbonyl (C=O) groups is 1. The molecule has 7 nitrogen and oxygen atoms in total. The Labute approximate surface area is 215 Å². The summed E-state index contributed by atoms with van der Waals surface area (Å²) >= 11 is 6.82. The second-order valence-electron chi connectivity index (χ2n) is 8.85. The van der Waals surface area contributed by atoms with Crippen LogP contribution in [0.4, 0.5) is 5.82 Å². The Bertz CT molecular complexity index is 1270. The number of amides is 1. The van der Waals surface area contributed by atoms with E-state index in [0.717, 1.165) is 49.5 Å². The van der Waals surface area contributed by atoms with Gasteiger partial charge in [-0.25, -0.2) is 0 Å². The molecule has 0 saturated carbocycles. The minimum Gasteiger partial charge on any atom is -0.355 e. The number of likely N-dealkylation sites (N-methyl/N-ethyl adjacent to an activating group) is 1. The summed E-state index contributed by atoms with van der Waals surface area (Å²) in [5.41, 5.74) is 2.21. The number of pyridine rings is 1. The highest BCUT2D eigenvalue weighted by Gasteiger charge is 2.33. The van der Waals surface area contributed by atoms with Gasteiger partial charge in [-0.3, -0.25) is 19.1 Å². The lowest BCUT2D eigenvalue weighted by molar-refractivity contribution is -0.122. The first-order valence-electron chi connectivity index (χ1n) is 11.8. The van der Waals surface area contributed by atoms with Gasteiger partial charge in [-0.1, -0.05) is 61.2 Å². The number of nitrogens with zero attached hydrogens (tertiary/aromatic N) is 5. The van der Waals surface area contributed by atoms with Crippen LogP contribution >= 0.6 is 24.0 Å². The van der Waals surface area contributed by atoms with Crippen LogP contribution in [0.25, 0.3) is 6.08 Å². The smallest absolute Gasteiger partial charge is 0.270 e. The lowest BCUT2D eigenvalue weighted by Crippen LogP contribution is -2.47. The average Bonchev–Trinajstić information content (AvgIpc) is 3.11. The molecule has 2 aromatic rings. The minimum atomic E-state index is -0.269. The standard InChI is InChI=1S/C26H29N5O2S2/c1-4-10-30-23(29-13-11-28(3)12-14-29)20(18(2)21(16-27)24(30)32)15-22-25(33)31(26(34)35-22)17-19-8-6-5-7-9-19/h5-9,15H,4,10-14,17H2,1-3H3/b22-15+. The van der Waals surface area contributed by atoms with Crippen molar-refractivity contribution in [1.82, 2.24) is 14.4 Å². The Hall–Kier alpha value is -2.93. The molecule has 182 valence electrons. The third-order valence-electron chi connectivity index (χ3n) is 6.43. The van der Waals surface area contributed by atoms with Crippen LogP contribution in [0.3, 0.4) is 0 Å². The quantitative estimate of drug-likeness (QED) is 0.437. The van der Waals surface area contributed by atoms with Gasteiger partial charge in [0.05, 0.1) is 11.4 Å². The number of thiocarbonyl (C=S) groups is 1. The summed E-state index contributed by atoms with van der Waals surface area (Å²) in [6.07, 6.45) is 2.59. The van der Waals surface area contributed by atoms with E-state index in [2.05, 4.69) is 22.9 Å². The number of anilines is 1. The van der Waals surface area contributed by atoms with Crippen molar-refractivity contribution in [3.8, 4) is 6.07 Å². The predicted molar refractivity (Wildman–Crippen MR) is 145 cm³/mol. The molecule has 1 amide bonds. The number of benzene rings is 1. The number of hydrogen-bond donors (Lipinski definition) is 0. The second kappa shape index (κ2) is 10.8. The molecule has 0 unspecified atom stereocenters. The van der Waals surface area contributed by atoms with E-state index in [4.69, 9.17) is 12.2 Å². The van der Waals surface area contributed by atoms with E-state index >= 15 is 0 Å². The number of aromatic nitrogens is 1. The molecule has 35 heavy (non-hydrogen) atoms. The first-order valence-corrected chi connectivity index (χ1v) is 13.0. The second-order valence-corrected chi connectivity index (χ2v) is 10.5. The summed E-state index contributed by atoms with van der Waals surface area (Å²) in [7, 11) is 2.08. The Morgan fingerprint density at radius 1 is 1.14 bits per heavy atom. The number of piperazine rings is 1. The molecule has 9 heteroatoms. The lowest BCUT2D eigenvalue weighted by Gasteiger charge is -2.36. The van der Waals surface area contributed by atoms with Gasteiger partial charge in [0, 0.05) is 38.3 Å². The van der Waals surface area contributed by atoms with Crippen molar-refractivity contribution >= 4 is 46.1 Å². The molecule has 0 atom stereocenters. The first kappa shape index (κ1) is 25.2. The molecule has 2 aliphatic heterocycles. The van der Waals surface area contributed by atoms with Crippen LogP contribution in [0, 0.1) is 18.3 Å². The molecule has 2 aliphatic rings. The molecule has 4 rings (SSSR count). The molecule has 0 radical (unpaired) electrons.